The summed E-state index contributed by atoms with van der Waals surface area (Å²) in [5.74, 6) is 0.265. The monoisotopic (exact) mass is 473 g/mol. The van der Waals surface area contributed by atoms with Gasteiger partial charge in [-0.2, -0.15) is 0 Å². The lowest BCUT2D eigenvalue weighted by Gasteiger charge is -2.13. The van der Waals surface area contributed by atoms with Crippen molar-refractivity contribution in [1.82, 2.24) is 10.2 Å². The number of amides is 4. The maximum absolute atomic E-state index is 12.6. The molecule has 158 valence electrons. The van der Waals surface area contributed by atoms with Crippen LogP contribution < -0.4 is 15.4 Å². The molecule has 0 spiro atoms. The first kappa shape index (κ1) is 21.8. The van der Waals surface area contributed by atoms with Crippen LogP contribution in [0.15, 0.2) is 46.9 Å². The molecule has 2 aromatic carbocycles. The Morgan fingerprint density at radius 2 is 1.93 bits per heavy atom. The Bertz CT molecular complexity index is 946. The summed E-state index contributed by atoms with van der Waals surface area (Å²) in [7, 11) is 1.60. The minimum Gasteiger partial charge on any atom is -0.497 e. The number of carbonyl (C=O) groups excluding carboxylic acids is 3. The van der Waals surface area contributed by atoms with Crippen LogP contribution in [0.1, 0.15) is 24.0 Å². The van der Waals surface area contributed by atoms with Gasteiger partial charge in [0.2, 0.25) is 5.91 Å². The molecule has 0 unspecified atom stereocenters. The van der Waals surface area contributed by atoms with Gasteiger partial charge in [-0.3, -0.25) is 14.5 Å². The number of nitrogens with one attached hydrogen (secondary N) is 2. The fourth-order valence-electron chi connectivity index (χ4n) is 3.24. The van der Waals surface area contributed by atoms with E-state index < -0.39 is 12.1 Å². The fourth-order valence-corrected chi connectivity index (χ4v) is 3.49. The van der Waals surface area contributed by atoms with E-state index in [0.29, 0.717) is 12.1 Å². The van der Waals surface area contributed by atoms with Crippen molar-refractivity contribution in [2.75, 3.05) is 19.0 Å². The SMILES string of the molecule is COc1ccc(CCN2C(=O)N[C@@H](CCC(=O)Nc3ccc(Br)c(C)c3)C2=O)cc1. The lowest BCUT2D eigenvalue weighted by molar-refractivity contribution is -0.127. The highest BCUT2D eigenvalue weighted by atomic mass is 79.9. The Morgan fingerprint density at radius 3 is 2.60 bits per heavy atom. The number of nitrogens with zero attached hydrogens (tertiary/aromatic N) is 1. The number of hydrogen-bond acceptors (Lipinski definition) is 4. The average Bonchev–Trinajstić information content (AvgIpc) is 3.01. The van der Waals surface area contributed by atoms with Crippen LogP contribution in [0, 0.1) is 6.92 Å². The van der Waals surface area contributed by atoms with Gasteiger partial charge >= 0.3 is 6.03 Å². The van der Waals surface area contributed by atoms with Crippen LogP contribution in [-0.4, -0.2) is 42.4 Å². The summed E-state index contributed by atoms with van der Waals surface area (Å²) in [6.07, 6.45) is 0.947. The van der Waals surface area contributed by atoms with Gasteiger partial charge in [-0.15, -0.1) is 0 Å². The van der Waals surface area contributed by atoms with E-state index in [1.54, 1.807) is 13.2 Å². The third kappa shape index (κ3) is 5.38. The Balaban J connectivity index is 1.48. The summed E-state index contributed by atoms with van der Waals surface area (Å²) in [5, 5.41) is 5.49. The summed E-state index contributed by atoms with van der Waals surface area (Å²) in [6, 6.07) is 11.9. The van der Waals surface area contributed by atoms with Crippen molar-refractivity contribution >= 4 is 39.5 Å². The van der Waals surface area contributed by atoms with Gasteiger partial charge in [-0.05, 0) is 61.2 Å². The van der Waals surface area contributed by atoms with Gasteiger partial charge < -0.3 is 15.4 Å². The molecule has 2 N–H and O–H groups in total. The van der Waals surface area contributed by atoms with Crippen LogP contribution in [-0.2, 0) is 16.0 Å². The summed E-state index contributed by atoms with van der Waals surface area (Å²) in [4.78, 5) is 38.2. The van der Waals surface area contributed by atoms with E-state index in [1.165, 1.54) is 4.90 Å². The zero-order chi connectivity index (χ0) is 21.7. The van der Waals surface area contributed by atoms with Crippen LogP contribution in [0.3, 0.4) is 0 Å². The number of rotatable bonds is 8. The fraction of sp³-hybridized carbons (Fsp3) is 0.318. The minimum atomic E-state index is -0.675. The third-order valence-electron chi connectivity index (χ3n) is 4.99. The number of carbonyl (C=O) groups is 3. The molecule has 1 aliphatic heterocycles. The largest absolute Gasteiger partial charge is 0.497 e. The quantitative estimate of drug-likeness (QED) is 0.572. The molecule has 8 heteroatoms. The van der Waals surface area contributed by atoms with Crippen molar-refractivity contribution in [3.8, 4) is 5.75 Å². The molecule has 0 saturated carbocycles. The van der Waals surface area contributed by atoms with Crippen molar-refractivity contribution in [3.05, 3.63) is 58.1 Å². The molecular formula is C22H24BrN3O4. The second-order valence-corrected chi connectivity index (χ2v) is 8.00. The summed E-state index contributed by atoms with van der Waals surface area (Å²) < 4.78 is 6.09. The zero-order valence-corrected chi connectivity index (χ0v) is 18.5. The average molecular weight is 474 g/mol. The standard InChI is InChI=1S/C22H24BrN3O4/c1-14-13-16(5-8-18(14)23)24-20(27)10-9-19-21(28)26(22(29)25-19)12-11-15-3-6-17(30-2)7-4-15/h3-8,13,19H,9-12H2,1-2H3,(H,24,27)(H,25,29)/t19-/m0/s1. The molecule has 3 rings (SSSR count). The molecule has 1 saturated heterocycles. The molecule has 0 aliphatic carbocycles. The number of imide groups is 1. The minimum absolute atomic E-state index is 0.137. The maximum Gasteiger partial charge on any atom is 0.324 e. The Hall–Kier alpha value is -2.87. The number of methoxy groups -OCH3 is 1. The molecule has 1 aliphatic rings. The second-order valence-electron chi connectivity index (χ2n) is 7.14. The molecule has 2 aromatic rings. The van der Waals surface area contributed by atoms with Gasteiger partial charge in [0.15, 0.2) is 0 Å². The van der Waals surface area contributed by atoms with E-state index in [2.05, 4.69) is 26.6 Å². The molecular weight excluding hydrogens is 450 g/mol. The van der Waals surface area contributed by atoms with Crippen LogP contribution >= 0.6 is 15.9 Å². The smallest absolute Gasteiger partial charge is 0.324 e. The molecule has 0 radical (unpaired) electrons. The topological polar surface area (TPSA) is 87.7 Å². The van der Waals surface area contributed by atoms with E-state index in [1.807, 2.05) is 43.3 Å². The molecule has 1 fully saturated rings. The first-order chi connectivity index (χ1) is 14.4. The van der Waals surface area contributed by atoms with Gasteiger partial charge in [-0.25, -0.2) is 4.79 Å². The number of hydrogen-bond donors (Lipinski definition) is 2. The van der Waals surface area contributed by atoms with Crippen molar-refractivity contribution in [2.24, 2.45) is 0 Å². The first-order valence-corrected chi connectivity index (χ1v) is 10.5. The van der Waals surface area contributed by atoms with Gasteiger partial charge in [-0.1, -0.05) is 28.1 Å². The number of halogens is 1. The van der Waals surface area contributed by atoms with Gasteiger partial charge in [0.05, 0.1) is 7.11 Å². The highest BCUT2D eigenvalue weighted by Crippen LogP contribution is 2.20. The molecule has 0 aromatic heterocycles. The Kier molecular flexibility index (Phi) is 7.10. The summed E-state index contributed by atoms with van der Waals surface area (Å²) in [5.41, 5.74) is 2.71. The molecule has 4 amide bonds. The first-order valence-electron chi connectivity index (χ1n) is 9.68. The van der Waals surface area contributed by atoms with Crippen LogP contribution in [0.4, 0.5) is 10.5 Å². The van der Waals surface area contributed by atoms with Crippen molar-refractivity contribution in [2.45, 2.75) is 32.2 Å². The van der Waals surface area contributed by atoms with Crippen molar-refractivity contribution in [3.63, 3.8) is 0 Å². The van der Waals surface area contributed by atoms with E-state index >= 15 is 0 Å². The number of ether oxygens (including phenoxy) is 1. The number of benzene rings is 2. The molecule has 1 atom stereocenters. The predicted octanol–water partition coefficient (Wildman–Crippen LogP) is 3.65. The molecule has 0 bridgehead atoms. The maximum atomic E-state index is 12.6. The van der Waals surface area contributed by atoms with E-state index in [9.17, 15) is 14.4 Å². The number of anilines is 1. The summed E-state index contributed by atoms with van der Waals surface area (Å²) in [6.45, 7) is 2.23. The predicted molar refractivity (Wildman–Crippen MR) is 117 cm³/mol. The second kappa shape index (κ2) is 9.75. The van der Waals surface area contributed by atoms with Gasteiger partial charge in [0.25, 0.3) is 5.91 Å². The lowest BCUT2D eigenvalue weighted by atomic mass is 10.1. The van der Waals surface area contributed by atoms with E-state index in [0.717, 1.165) is 21.3 Å². The van der Waals surface area contributed by atoms with Crippen molar-refractivity contribution in [1.29, 1.82) is 0 Å². The van der Waals surface area contributed by atoms with E-state index in [4.69, 9.17) is 4.74 Å². The number of aryl methyl sites for hydroxylation is 1. The van der Waals surface area contributed by atoms with Gasteiger partial charge in [0.1, 0.15) is 11.8 Å². The number of urea groups is 1. The van der Waals surface area contributed by atoms with E-state index in [-0.39, 0.29) is 31.2 Å². The lowest BCUT2D eigenvalue weighted by Crippen LogP contribution is -2.33. The Labute approximate surface area is 183 Å². The van der Waals surface area contributed by atoms with Crippen LogP contribution in [0.5, 0.6) is 5.75 Å². The zero-order valence-electron chi connectivity index (χ0n) is 16.9. The van der Waals surface area contributed by atoms with Crippen LogP contribution in [0.25, 0.3) is 0 Å². The molecule has 30 heavy (non-hydrogen) atoms. The highest BCUT2D eigenvalue weighted by molar-refractivity contribution is 9.10. The normalized spacial score (nSPS) is 15.8. The molecule has 7 nitrogen and oxygen atoms in total. The van der Waals surface area contributed by atoms with Gasteiger partial charge in [0, 0.05) is 23.1 Å². The highest BCUT2D eigenvalue weighted by Gasteiger charge is 2.37. The molecule has 1 heterocycles. The van der Waals surface area contributed by atoms with Crippen molar-refractivity contribution < 1.29 is 19.1 Å². The van der Waals surface area contributed by atoms with Crippen LogP contribution in [0.2, 0.25) is 0 Å². The third-order valence-corrected chi connectivity index (χ3v) is 5.88. The Morgan fingerprint density at radius 1 is 1.20 bits per heavy atom. The summed E-state index contributed by atoms with van der Waals surface area (Å²) >= 11 is 3.42.